The van der Waals surface area contributed by atoms with Crippen molar-refractivity contribution < 1.29 is 14.7 Å². The maximum Gasteiger partial charge on any atom is 0.317 e. The molecule has 132 valence electrons. The Morgan fingerprint density at radius 2 is 1.88 bits per heavy atom. The molecule has 3 amide bonds. The Morgan fingerprint density at radius 3 is 2.54 bits per heavy atom. The van der Waals surface area contributed by atoms with Crippen LogP contribution in [0.15, 0.2) is 0 Å². The van der Waals surface area contributed by atoms with E-state index in [1.54, 1.807) is 9.80 Å². The van der Waals surface area contributed by atoms with E-state index in [1.165, 1.54) is 12.8 Å². The molecule has 3 rings (SSSR count). The minimum atomic E-state index is -1.04. The summed E-state index contributed by atoms with van der Waals surface area (Å²) in [6.07, 6.45) is 6.10. The topological polar surface area (TPSA) is 96.7 Å². The van der Waals surface area contributed by atoms with Crippen molar-refractivity contribution in [3.63, 3.8) is 0 Å². The largest absolute Gasteiger partial charge is 0.385 e. The van der Waals surface area contributed by atoms with Gasteiger partial charge in [-0.2, -0.15) is 5.26 Å². The fraction of sp³-hybridized carbons (Fsp3) is 0.824. The van der Waals surface area contributed by atoms with E-state index < -0.39 is 5.60 Å². The standard InChI is InChI=1S/C17H26N4O3/c18-8-7-17(24)11-21(12-17)15(22)13-4-3-9-20(10-13)16(23)19-14-5-1-2-6-14/h13-14,24H,1-7,9-12H2,(H,19,23)/t13-/m1/s1. The van der Waals surface area contributed by atoms with E-state index in [1.807, 2.05) is 6.07 Å². The summed E-state index contributed by atoms with van der Waals surface area (Å²) in [5.41, 5.74) is -1.04. The predicted molar refractivity (Wildman–Crippen MR) is 86.8 cm³/mol. The van der Waals surface area contributed by atoms with E-state index in [4.69, 9.17) is 5.26 Å². The molecule has 0 unspecified atom stereocenters. The lowest BCUT2D eigenvalue weighted by Crippen LogP contribution is -2.65. The Labute approximate surface area is 142 Å². The van der Waals surface area contributed by atoms with Crippen molar-refractivity contribution >= 4 is 11.9 Å². The van der Waals surface area contributed by atoms with Crippen molar-refractivity contribution in [2.24, 2.45) is 5.92 Å². The van der Waals surface area contributed by atoms with Crippen molar-refractivity contribution in [3.8, 4) is 6.07 Å². The number of hydrogen-bond donors (Lipinski definition) is 2. The Hall–Kier alpha value is -1.81. The van der Waals surface area contributed by atoms with Gasteiger partial charge in [0.15, 0.2) is 0 Å². The molecule has 2 aliphatic heterocycles. The third-order valence-electron chi connectivity index (χ3n) is 5.43. The maximum atomic E-state index is 12.6. The van der Waals surface area contributed by atoms with Crippen LogP contribution in [0.3, 0.4) is 0 Å². The van der Waals surface area contributed by atoms with Gasteiger partial charge >= 0.3 is 6.03 Å². The molecule has 1 aliphatic carbocycles. The molecule has 0 aromatic carbocycles. The van der Waals surface area contributed by atoms with Gasteiger partial charge in [-0.3, -0.25) is 4.79 Å². The fourth-order valence-corrected chi connectivity index (χ4v) is 4.04. The second-order valence-corrected chi connectivity index (χ2v) is 7.47. The van der Waals surface area contributed by atoms with Crippen molar-refractivity contribution in [2.75, 3.05) is 26.2 Å². The molecule has 2 saturated heterocycles. The lowest BCUT2D eigenvalue weighted by molar-refractivity contribution is -0.160. The van der Waals surface area contributed by atoms with Crippen LogP contribution in [0.4, 0.5) is 4.79 Å². The lowest BCUT2D eigenvalue weighted by Gasteiger charge is -2.47. The second kappa shape index (κ2) is 6.98. The Balaban J connectivity index is 1.49. The zero-order valence-electron chi connectivity index (χ0n) is 14.0. The molecular formula is C17H26N4O3. The number of urea groups is 1. The quantitative estimate of drug-likeness (QED) is 0.799. The van der Waals surface area contributed by atoms with Gasteiger partial charge in [0.25, 0.3) is 0 Å². The number of carbonyl (C=O) groups is 2. The Morgan fingerprint density at radius 1 is 1.17 bits per heavy atom. The number of nitrogens with zero attached hydrogens (tertiary/aromatic N) is 3. The van der Waals surface area contributed by atoms with E-state index in [0.717, 1.165) is 25.7 Å². The first-order valence-corrected chi connectivity index (χ1v) is 8.94. The van der Waals surface area contributed by atoms with Crippen LogP contribution >= 0.6 is 0 Å². The third kappa shape index (κ3) is 3.64. The van der Waals surface area contributed by atoms with E-state index in [0.29, 0.717) is 13.1 Å². The summed E-state index contributed by atoms with van der Waals surface area (Å²) >= 11 is 0. The molecule has 0 aromatic rings. The molecule has 1 atom stereocenters. The minimum Gasteiger partial charge on any atom is -0.385 e. The van der Waals surface area contributed by atoms with Crippen molar-refractivity contribution in [1.82, 2.24) is 15.1 Å². The molecular weight excluding hydrogens is 308 g/mol. The molecule has 7 heteroatoms. The summed E-state index contributed by atoms with van der Waals surface area (Å²) in [4.78, 5) is 28.3. The van der Waals surface area contributed by atoms with Crippen molar-refractivity contribution in [2.45, 2.75) is 56.6 Å². The van der Waals surface area contributed by atoms with Gasteiger partial charge in [-0.05, 0) is 25.7 Å². The van der Waals surface area contributed by atoms with Crippen LogP contribution in [0.2, 0.25) is 0 Å². The highest BCUT2D eigenvalue weighted by molar-refractivity contribution is 5.82. The SMILES string of the molecule is N#CCC1(O)CN(C(=O)[C@@H]2CCCN(C(=O)NC3CCCC3)C2)C1. The summed E-state index contributed by atoms with van der Waals surface area (Å²) < 4.78 is 0. The maximum absolute atomic E-state index is 12.6. The number of aliphatic hydroxyl groups is 1. The number of nitrogens with one attached hydrogen (secondary N) is 1. The molecule has 7 nitrogen and oxygen atoms in total. The Bertz CT molecular complexity index is 532. The van der Waals surface area contributed by atoms with Crippen LogP contribution < -0.4 is 5.32 Å². The van der Waals surface area contributed by atoms with Gasteiger partial charge in [0, 0.05) is 19.1 Å². The summed E-state index contributed by atoms with van der Waals surface area (Å²) in [7, 11) is 0. The summed E-state index contributed by atoms with van der Waals surface area (Å²) in [6, 6.07) is 2.19. The van der Waals surface area contributed by atoms with Gasteiger partial charge < -0.3 is 20.2 Å². The first-order chi connectivity index (χ1) is 11.5. The van der Waals surface area contributed by atoms with Crippen LogP contribution in [0.25, 0.3) is 0 Å². The number of piperidine rings is 1. The number of β-amino-alcohol motifs (C(OH)–C–C–N with tert-alkyl or cyclic N) is 1. The highest BCUT2D eigenvalue weighted by Crippen LogP contribution is 2.28. The summed E-state index contributed by atoms with van der Waals surface area (Å²) in [5, 5.41) is 21.8. The fourth-order valence-electron chi connectivity index (χ4n) is 4.04. The summed E-state index contributed by atoms with van der Waals surface area (Å²) in [5.74, 6) is -0.198. The van der Waals surface area contributed by atoms with E-state index >= 15 is 0 Å². The number of nitriles is 1. The van der Waals surface area contributed by atoms with E-state index in [9.17, 15) is 14.7 Å². The molecule has 0 radical (unpaired) electrons. The highest BCUT2D eigenvalue weighted by Gasteiger charge is 2.45. The lowest BCUT2D eigenvalue weighted by atomic mass is 9.88. The molecule has 3 aliphatic rings. The van der Waals surface area contributed by atoms with Crippen LogP contribution in [-0.4, -0.2) is 64.7 Å². The molecule has 0 aromatic heterocycles. The molecule has 24 heavy (non-hydrogen) atoms. The average Bonchev–Trinajstić information content (AvgIpc) is 3.05. The number of rotatable bonds is 3. The monoisotopic (exact) mass is 334 g/mol. The Kier molecular flexibility index (Phi) is 4.95. The minimum absolute atomic E-state index is 0.00372. The number of hydrogen-bond acceptors (Lipinski definition) is 4. The highest BCUT2D eigenvalue weighted by atomic mass is 16.3. The van der Waals surface area contributed by atoms with Gasteiger partial charge in [-0.15, -0.1) is 0 Å². The normalized spacial score (nSPS) is 26.6. The number of amides is 3. The van der Waals surface area contributed by atoms with Crippen molar-refractivity contribution in [3.05, 3.63) is 0 Å². The van der Waals surface area contributed by atoms with Crippen LogP contribution in [-0.2, 0) is 4.79 Å². The smallest absolute Gasteiger partial charge is 0.317 e. The third-order valence-corrected chi connectivity index (χ3v) is 5.43. The molecule has 2 N–H and O–H groups in total. The van der Waals surface area contributed by atoms with Crippen LogP contribution in [0, 0.1) is 17.2 Å². The summed E-state index contributed by atoms with van der Waals surface area (Å²) in [6.45, 7) is 1.60. The predicted octanol–water partition coefficient (Wildman–Crippen LogP) is 0.838. The van der Waals surface area contributed by atoms with Gasteiger partial charge in [-0.25, -0.2) is 4.79 Å². The zero-order valence-corrected chi connectivity index (χ0v) is 14.0. The van der Waals surface area contributed by atoms with Crippen LogP contribution in [0.5, 0.6) is 0 Å². The van der Waals surface area contributed by atoms with Gasteiger partial charge in [0.05, 0.1) is 31.5 Å². The van der Waals surface area contributed by atoms with Gasteiger partial charge in [0.2, 0.25) is 5.91 Å². The van der Waals surface area contributed by atoms with Gasteiger partial charge in [-0.1, -0.05) is 12.8 Å². The molecule has 3 fully saturated rings. The first-order valence-electron chi connectivity index (χ1n) is 8.94. The second-order valence-electron chi connectivity index (χ2n) is 7.47. The van der Waals surface area contributed by atoms with Gasteiger partial charge in [0.1, 0.15) is 5.60 Å². The van der Waals surface area contributed by atoms with E-state index in [2.05, 4.69) is 5.32 Å². The number of likely N-dealkylation sites (tertiary alicyclic amines) is 2. The van der Waals surface area contributed by atoms with Crippen molar-refractivity contribution in [1.29, 1.82) is 5.26 Å². The van der Waals surface area contributed by atoms with Crippen LogP contribution in [0.1, 0.15) is 44.9 Å². The molecule has 0 spiro atoms. The zero-order chi connectivity index (χ0) is 17.2. The molecule has 1 saturated carbocycles. The number of carbonyl (C=O) groups excluding carboxylic acids is 2. The molecule has 2 heterocycles. The first kappa shape index (κ1) is 17.0. The average molecular weight is 334 g/mol. The molecule has 0 bridgehead atoms. The van der Waals surface area contributed by atoms with E-state index in [-0.39, 0.29) is 43.4 Å².